The number of ether oxygens (including phenoxy) is 2. The maximum Gasteiger partial charge on any atom is 0.309 e. The Balaban J connectivity index is 4.13. The maximum absolute atomic E-state index is 12.1. The highest BCUT2D eigenvalue weighted by molar-refractivity contribution is 5.79. The minimum Gasteiger partial charge on any atom is -0.466 e. The Kier molecular flexibility index (Phi) is 14.1. The van der Waals surface area contributed by atoms with Crippen molar-refractivity contribution >= 4 is 11.9 Å². The van der Waals surface area contributed by atoms with Crippen molar-refractivity contribution in [3.63, 3.8) is 0 Å². The monoisotopic (exact) mass is 314 g/mol. The molecule has 0 spiro atoms. The molecule has 0 saturated carbocycles. The molecular weight excluding hydrogens is 280 g/mol. The summed E-state index contributed by atoms with van der Waals surface area (Å²) in [6.07, 6.45) is 8.89. The SMILES string of the molecule is CCCCCOC(=O)CC(CCCC)C(=O)OCCCCC. The van der Waals surface area contributed by atoms with E-state index in [1.165, 1.54) is 0 Å². The fourth-order valence-electron chi connectivity index (χ4n) is 2.19. The van der Waals surface area contributed by atoms with E-state index in [4.69, 9.17) is 9.47 Å². The average Bonchev–Trinajstić information content (AvgIpc) is 2.52. The molecule has 130 valence electrons. The largest absolute Gasteiger partial charge is 0.466 e. The smallest absolute Gasteiger partial charge is 0.309 e. The molecule has 0 fully saturated rings. The molecule has 22 heavy (non-hydrogen) atoms. The number of hydrogen-bond donors (Lipinski definition) is 0. The van der Waals surface area contributed by atoms with Crippen molar-refractivity contribution < 1.29 is 19.1 Å². The number of carbonyl (C=O) groups is 2. The first-order chi connectivity index (χ1) is 10.7. The van der Waals surface area contributed by atoms with Crippen LogP contribution in [0.3, 0.4) is 0 Å². The molecule has 0 radical (unpaired) electrons. The van der Waals surface area contributed by atoms with Crippen LogP contribution >= 0.6 is 0 Å². The first-order valence-electron chi connectivity index (χ1n) is 8.97. The first kappa shape index (κ1) is 20.9. The van der Waals surface area contributed by atoms with Gasteiger partial charge in [-0.05, 0) is 19.3 Å². The Morgan fingerprint density at radius 1 is 0.773 bits per heavy atom. The van der Waals surface area contributed by atoms with Gasteiger partial charge in [0.05, 0.1) is 25.6 Å². The topological polar surface area (TPSA) is 52.6 Å². The molecule has 0 rings (SSSR count). The summed E-state index contributed by atoms with van der Waals surface area (Å²) in [5, 5.41) is 0. The van der Waals surface area contributed by atoms with E-state index >= 15 is 0 Å². The lowest BCUT2D eigenvalue weighted by Crippen LogP contribution is -2.23. The molecule has 4 heteroatoms. The number of unbranched alkanes of at least 4 members (excludes halogenated alkanes) is 5. The highest BCUT2D eigenvalue weighted by Crippen LogP contribution is 2.16. The van der Waals surface area contributed by atoms with Crippen LogP contribution in [0.1, 0.15) is 85.0 Å². The number of carbonyl (C=O) groups excluding carboxylic acids is 2. The number of esters is 2. The third-order valence-corrected chi connectivity index (χ3v) is 3.66. The summed E-state index contributed by atoms with van der Waals surface area (Å²) in [5.41, 5.74) is 0. The summed E-state index contributed by atoms with van der Waals surface area (Å²) < 4.78 is 10.5. The van der Waals surface area contributed by atoms with Crippen molar-refractivity contribution in [1.29, 1.82) is 0 Å². The van der Waals surface area contributed by atoms with Gasteiger partial charge in [-0.2, -0.15) is 0 Å². The van der Waals surface area contributed by atoms with Gasteiger partial charge in [-0.25, -0.2) is 0 Å². The van der Waals surface area contributed by atoms with Crippen molar-refractivity contribution in [2.75, 3.05) is 13.2 Å². The molecule has 0 aliphatic heterocycles. The van der Waals surface area contributed by atoms with Gasteiger partial charge in [0.2, 0.25) is 0 Å². The van der Waals surface area contributed by atoms with Gasteiger partial charge in [-0.15, -0.1) is 0 Å². The summed E-state index contributed by atoms with van der Waals surface area (Å²) in [4.78, 5) is 23.9. The standard InChI is InChI=1S/C18H34O4/c1-4-7-10-13-21-17(19)15-16(12-9-6-3)18(20)22-14-11-8-5-2/h16H,4-15H2,1-3H3. The number of hydrogen-bond acceptors (Lipinski definition) is 4. The summed E-state index contributed by atoms with van der Waals surface area (Å²) >= 11 is 0. The minimum absolute atomic E-state index is 0.152. The second kappa shape index (κ2) is 14.9. The maximum atomic E-state index is 12.1. The van der Waals surface area contributed by atoms with Gasteiger partial charge in [-0.3, -0.25) is 9.59 Å². The quantitative estimate of drug-likeness (QED) is 0.346. The van der Waals surface area contributed by atoms with Gasteiger partial charge < -0.3 is 9.47 Å². The highest BCUT2D eigenvalue weighted by atomic mass is 16.5. The van der Waals surface area contributed by atoms with E-state index < -0.39 is 0 Å². The van der Waals surface area contributed by atoms with Gasteiger partial charge in [-0.1, -0.05) is 59.3 Å². The Morgan fingerprint density at radius 2 is 1.32 bits per heavy atom. The fourth-order valence-corrected chi connectivity index (χ4v) is 2.19. The third kappa shape index (κ3) is 11.6. The van der Waals surface area contributed by atoms with Crippen molar-refractivity contribution in [2.45, 2.75) is 85.0 Å². The van der Waals surface area contributed by atoms with Crippen LogP contribution in [0, 0.1) is 5.92 Å². The zero-order valence-electron chi connectivity index (χ0n) is 14.7. The van der Waals surface area contributed by atoms with E-state index in [9.17, 15) is 9.59 Å². The lowest BCUT2D eigenvalue weighted by atomic mass is 9.99. The normalized spacial score (nSPS) is 12.0. The van der Waals surface area contributed by atoms with Crippen LogP contribution in [0.5, 0.6) is 0 Å². The van der Waals surface area contributed by atoms with Crippen LogP contribution in [0.25, 0.3) is 0 Å². The van der Waals surface area contributed by atoms with Crippen LogP contribution in [0.2, 0.25) is 0 Å². The van der Waals surface area contributed by atoms with Crippen LogP contribution < -0.4 is 0 Å². The van der Waals surface area contributed by atoms with Gasteiger partial charge >= 0.3 is 11.9 Å². The lowest BCUT2D eigenvalue weighted by molar-refractivity contribution is -0.155. The summed E-state index contributed by atoms with van der Waals surface area (Å²) in [7, 11) is 0. The Bertz CT molecular complexity index is 289. The minimum atomic E-state index is -0.347. The molecule has 0 bridgehead atoms. The van der Waals surface area contributed by atoms with Gasteiger partial charge in [0.25, 0.3) is 0 Å². The first-order valence-corrected chi connectivity index (χ1v) is 8.97. The van der Waals surface area contributed by atoms with Gasteiger partial charge in [0.15, 0.2) is 0 Å². The van der Waals surface area contributed by atoms with Crippen LogP contribution in [-0.4, -0.2) is 25.2 Å². The predicted octanol–water partition coefficient (Wildman–Crippen LogP) is 4.65. The highest BCUT2D eigenvalue weighted by Gasteiger charge is 2.23. The molecule has 0 aromatic rings. The van der Waals surface area contributed by atoms with E-state index in [1.807, 2.05) is 0 Å². The Labute approximate surface area is 135 Å². The van der Waals surface area contributed by atoms with Crippen LogP contribution in [0.15, 0.2) is 0 Å². The van der Waals surface area contributed by atoms with E-state index in [1.54, 1.807) is 0 Å². The Hall–Kier alpha value is -1.06. The molecule has 0 aromatic heterocycles. The van der Waals surface area contributed by atoms with E-state index in [2.05, 4.69) is 20.8 Å². The molecule has 1 atom stereocenters. The second-order valence-electron chi connectivity index (χ2n) is 5.85. The average molecular weight is 314 g/mol. The van der Waals surface area contributed by atoms with Crippen molar-refractivity contribution in [1.82, 2.24) is 0 Å². The third-order valence-electron chi connectivity index (χ3n) is 3.66. The summed E-state index contributed by atoms with van der Waals surface area (Å²) in [5.74, 6) is -0.863. The van der Waals surface area contributed by atoms with E-state index in [0.29, 0.717) is 19.6 Å². The van der Waals surface area contributed by atoms with E-state index in [-0.39, 0.29) is 24.3 Å². The zero-order chi connectivity index (χ0) is 16.6. The van der Waals surface area contributed by atoms with Gasteiger partial charge in [0.1, 0.15) is 0 Å². The second-order valence-corrected chi connectivity index (χ2v) is 5.85. The zero-order valence-corrected chi connectivity index (χ0v) is 14.7. The molecule has 0 aromatic carbocycles. The lowest BCUT2D eigenvalue weighted by Gasteiger charge is -2.15. The summed E-state index contributed by atoms with van der Waals surface area (Å²) in [6.45, 7) is 7.21. The summed E-state index contributed by atoms with van der Waals surface area (Å²) in [6, 6.07) is 0. The Morgan fingerprint density at radius 3 is 1.86 bits per heavy atom. The molecule has 0 N–H and O–H groups in total. The number of rotatable bonds is 14. The van der Waals surface area contributed by atoms with E-state index in [0.717, 1.165) is 51.4 Å². The van der Waals surface area contributed by atoms with Crippen molar-refractivity contribution in [3.05, 3.63) is 0 Å². The van der Waals surface area contributed by atoms with Crippen LogP contribution in [0.4, 0.5) is 0 Å². The molecule has 1 unspecified atom stereocenters. The molecule has 0 heterocycles. The predicted molar refractivity (Wildman–Crippen MR) is 88.6 cm³/mol. The molecular formula is C18H34O4. The molecule has 0 aliphatic rings. The fraction of sp³-hybridized carbons (Fsp3) is 0.889. The van der Waals surface area contributed by atoms with Crippen molar-refractivity contribution in [3.8, 4) is 0 Å². The van der Waals surface area contributed by atoms with Crippen LogP contribution in [-0.2, 0) is 19.1 Å². The molecule has 0 amide bonds. The van der Waals surface area contributed by atoms with Gasteiger partial charge in [0, 0.05) is 0 Å². The molecule has 0 aliphatic carbocycles. The van der Waals surface area contributed by atoms with Crippen molar-refractivity contribution in [2.24, 2.45) is 5.92 Å². The molecule has 0 saturated heterocycles. The molecule has 4 nitrogen and oxygen atoms in total.